The van der Waals surface area contributed by atoms with Crippen LogP contribution in [-0.2, 0) is 15.0 Å². The molecular weight excluding hydrogens is 358 g/mol. The van der Waals surface area contributed by atoms with Crippen molar-refractivity contribution in [1.82, 2.24) is 4.90 Å². The first-order valence-electron chi connectivity index (χ1n) is 9.79. The maximum Gasteiger partial charge on any atom is 0.168 e. The van der Waals surface area contributed by atoms with Crippen molar-refractivity contribution in [3.63, 3.8) is 0 Å². The second-order valence-corrected chi connectivity index (χ2v) is 8.51. The molecule has 0 unspecified atom stereocenters. The van der Waals surface area contributed by atoms with Gasteiger partial charge in [0.1, 0.15) is 0 Å². The topological polar surface area (TPSA) is 21.7 Å². The summed E-state index contributed by atoms with van der Waals surface area (Å²) in [7, 11) is 4.33. The van der Waals surface area contributed by atoms with Gasteiger partial charge in [0.25, 0.3) is 0 Å². The quantitative estimate of drug-likeness (QED) is 0.725. The number of rotatable bonds is 3. The molecule has 0 radical (unpaired) electrons. The van der Waals surface area contributed by atoms with Gasteiger partial charge in [-0.3, -0.25) is 4.90 Å². The number of benzene rings is 2. The average Bonchev–Trinajstić information content (AvgIpc) is 2.71. The predicted octanol–water partition coefficient (Wildman–Crippen LogP) is 5.20. The summed E-state index contributed by atoms with van der Waals surface area (Å²) in [4.78, 5) is 2.35. The minimum absolute atomic E-state index is 0.0127. The summed E-state index contributed by atoms with van der Waals surface area (Å²) in [6.07, 6.45) is 3.85. The smallest absolute Gasteiger partial charge is 0.168 e. The lowest BCUT2D eigenvalue weighted by atomic mass is 9.73. The Hall–Kier alpha value is -1.39. The van der Waals surface area contributed by atoms with Gasteiger partial charge in [-0.25, -0.2) is 0 Å². The first kappa shape index (κ1) is 18.9. The van der Waals surface area contributed by atoms with Crippen LogP contribution in [0.25, 0.3) is 0 Å². The lowest BCUT2D eigenvalue weighted by Crippen LogP contribution is -2.53. The number of ether oxygens (including phenoxy) is 2. The van der Waals surface area contributed by atoms with Crippen molar-refractivity contribution in [2.75, 3.05) is 27.3 Å². The third-order valence-electron chi connectivity index (χ3n) is 6.44. The van der Waals surface area contributed by atoms with Crippen LogP contribution < -0.4 is 0 Å². The van der Waals surface area contributed by atoms with E-state index in [1.54, 1.807) is 0 Å². The molecule has 27 heavy (non-hydrogen) atoms. The molecular formula is C23H28ClNO2. The molecule has 0 aromatic heterocycles. The van der Waals surface area contributed by atoms with E-state index >= 15 is 0 Å². The normalized spacial score (nSPS) is 31.3. The zero-order valence-corrected chi connectivity index (χ0v) is 16.9. The van der Waals surface area contributed by atoms with Gasteiger partial charge in [0, 0.05) is 29.3 Å². The average molecular weight is 386 g/mol. The highest BCUT2D eigenvalue weighted by Gasteiger charge is 2.48. The Labute approximate surface area is 167 Å². The molecule has 1 heterocycles. The fourth-order valence-corrected chi connectivity index (χ4v) is 4.73. The van der Waals surface area contributed by atoms with Gasteiger partial charge in [-0.2, -0.15) is 0 Å². The molecule has 1 saturated heterocycles. The molecule has 4 rings (SSSR count). The largest absolute Gasteiger partial charge is 0.349 e. The zero-order chi connectivity index (χ0) is 18.9. The van der Waals surface area contributed by atoms with Crippen LogP contribution >= 0.6 is 11.6 Å². The predicted molar refractivity (Wildman–Crippen MR) is 109 cm³/mol. The molecule has 144 valence electrons. The van der Waals surface area contributed by atoms with Crippen LogP contribution in [0, 0.1) is 0 Å². The first-order valence-corrected chi connectivity index (χ1v) is 10.2. The van der Waals surface area contributed by atoms with Crippen LogP contribution in [0.15, 0.2) is 54.6 Å². The monoisotopic (exact) mass is 385 g/mol. The number of nitrogens with zero attached hydrogens (tertiary/aromatic N) is 1. The molecule has 0 bridgehead atoms. The van der Waals surface area contributed by atoms with E-state index < -0.39 is 5.79 Å². The Bertz CT molecular complexity index is 742. The fraction of sp³-hybridized carbons (Fsp3) is 0.478. The lowest BCUT2D eigenvalue weighted by molar-refractivity contribution is -0.294. The molecule has 0 atom stereocenters. The third-order valence-corrected chi connectivity index (χ3v) is 6.69. The van der Waals surface area contributed by atoms with Gasteiger partial charge in [-0.1, -0.05) is 54.1 Å². The highest BCUT2D eigenvalue weighted by Crippen LogP contribution is 2.48. The minimum atomic E-state index is -0.419. The van der Waals surface area contributed by atoms with E-state index in [1.807, 2.05) is 18.2 Å². The summed E-state index contributed by atoms with van der Waals surface area (Å²) in [5, 5.41) is 0.783. The van der Waals surface area contributed by atoms with Gasteiger partial charge in [-0.15, -0.1) is 0 Å². The van der Waals surface area contributed by atoms with Crippen LogP contribution in [-0.4, -0.2) is 38.0 Å². The van der Waals surface area contributed by atoms with Crippen LogP contribution in [0.1, 0.15) is 42.7 Å². The second-order valence-electron chi connectivity index (χ2n) is 8.07. The number of hydrogen-bond acceptors (Lipinski definition) is 3. The Morgan fingerprint density at radius 1 is 0.852 bits per heavy atom. The molecule has 2 fully saturated rings. The molecule has 2 aromatic carbocycles. The van der Waals surface area contributed by atoms with Crippen molar-refractivity contribution in [3.8, 4) is 0 Å². The summed E-state index contributed by atoms with van der Waals surface area (Å²) in [5.74, 6) is -0.0920. The minimum Gasteiger partial charge on any atom is -0.349 e. The first-order chi connectivity index (χ1) is 13.0. The van der Waals surface area contributed by atoms with Gasteiger partial charge in [0.15, 0.2) is 5.79 Å². The van der Waals surface area contributed by atoms with E-state index in [-0.39, 0.29) is 5.54 Å². The summed E-state index contributed by atoms with van der Waals surface area (Å²) in [6.45, 7) is 1.47. The van der Waals surface area contributed by atoms with Gasteiger partial charge >= 0.3 is 0 Å². The maximum atomic E-state index is 6.34. The molecule has 2 aromatic rings. The number of halogens is 1. The molecule has 1 spiro atoms. The molecule has 1 aliphatic carbocycles. The van der Waals surface area contributed by atoms with E-state index in [0.717, 1.165) is 43.9 Å². The maximum absolute atomic E-state index is 6.34. The van der Waals surface area contributed by atoms with Gasteiger partial charge < -0.3 is 9.47 Å². The summed E-state index contributed by atoms with van der Waals surface area (Å²) in [5.41, 5.74) is 2.63. The second kappa shape index (κ2) is 7.56. The van der Waals surface area contributed by atoms with E-state index in [1.165, 1.54) is 11.1 Å². The molecule has 4 heteroatoms. The highest BCUT2D eigenvalue weighted by atomic mass is 35.5. The fourth-order valence-electron chi connectivity index (χ4n) is 4.60. The van der Waals surface area contributed by atoms with Crippen molar-refractivity contribution in [2.24, 2.45) is 0 Å². The van der Waals surface area contributed by atoms with Crippen molar-refractivity contribution >= 4 is 11.6 Å². The van der Waals surface area contributed by atoms with E-state index in [0.29, 0.717) is 5.92 Å². The molecule has 0 N–H and O–H groups in total. The Kier molecular flexibility index (Phi) is 5.30. The molecule has 3 nitrogen and oxygen atoms in total. The van der Waals surface area contributed by atoms with E-state index in [9.17, 15) is 0 Å². The van der Waals surface area contributed by atoms with Gasteiger partial charge in [0.05, 0.1) is 13.2 Å². The molecule has 2 aliphatic rings. The summed E-state index contributed by atoms with van der Waals surface area (Å²) in [6, 6.07) is 18.8. The highest BCUT2D eigenvalue weighted by molar-refractivity contribution is 6.30. The molecule has 1 aliphatic heterocycles. The Balaban J connectivity index is 1.45. The molecule has 1 saturated carbocycles. The standard InChI is InChI=1S/C23H28ClNO2/c1-25(2)22(20-8-10-21(24)11-9-20)12-14-23(15-13-22)26-16-19(17-27-23)18-6-4-3-5-7-18/h3-11,19H,12-17H2,1-2H3. The van der Waals surface area contributed by atoms with Gasteiger partial charge in [0.2, 0.25) is 0 Å². The van der Waals surface area contributed by atoms with Crippen molar-refractivity contribution in [2.45, 2.75) is 42.9 Å². The Morgan fingerprint density at radius 2 is 1.44 bits per heavy atom. The van der Waals surface area contributed by atoms with Crippen LogP contribution in [0.4, 0.5) is 0 Å². The zero-order valence-electron chi connectivity index (χ0n) is 16.2. The van der Waals surface area contributed by atoms with Gasteiger partial charge in [-0.05, 0) is 50.2 Å². The lowest BCUT2D eigenvalue weighted by Gasteiger charge is -2.51. The molecule has 0 amide bonds. The SMILES string of the molecule is CN(C)C1(c2ccc(Cl)cc2)CCC2(CC1)OCC(c1ccccc1)CO2. The van der Waals surface area contributed by atoms with E-state index in [4.69, 9.17) is 21.1 Å². The third kappa shape index (κ3) is 3.66. The summed E-state index contributed by atoms with van der Waals surface area (Å²) < 4.78 is 12.7. The van der Waals surface area contributed by atoms with Crippen molar-refractivity contribution in [1.29, 1.82) is 0 Å². The van der Waals surface area contributed by atoms with Crippen LogP contribution in [0.3, 0.4) is 0 Å². The van der Waals surface area contributed by atoms with Crippen LogP contribution in [0.5, 0.6) is 0 Å². The summed E-state index contributed by atoms with van der Waals surface area (Å²) >= 11 is 6.10. The van der Waals surface area contributed by atoms with Crippen molar-refractivity contribution < 1.29 is 9.47 Å². The number of hydrogen-bond donors (Lipinski definition) is 0. The van der Waals surface area contributed by atoms with Crippen molar-refractivity contribution in [3.05, 3.63) is 70.7 Å². The Morgan fingerprint density at radius 3 is 2.00 bits per heavy atom. The van der Waals surface area contributed by atoms with Crippen LogP contribution in [0.2, 0.25) is 5.02 Å². The van der Waals surface area contributed by atoms with E-state index in [2.05, 4.69) is 55.4 Å².